The Morgan fingerprint density at radius 2 is 1.68 bits per heavy atom. The summed E-state index contributed by atoms with van der Waals surface area (Å²) in [6, 6.07) is 27.6. The molecule has 0 saturated carbocycles. The van der Waals surface area contributed by atoms with Crippen LogP contribution in [0.5, 0.6) is 23.0 Å². The van der Waals surface area contributed by atoms with E-state index in [1.165, 1.54) is 17.2 Å². The molecule has 2 heterocycles. The summed E-state index contributed by atoms with van der Waals surface area (Å²) in [4.78, 5) is 14.0. The molecule has 1 unspecified atom stereocenters. The van der Waals surface area contributed by atoms with Gasteiger partial charge in [-0.25, -0.2) is 0 Å². The lowest BCUT2D eigenvalue weighted by Gasteiger charge is -2.42. The number of aliphatic hydroxyl groups is 1. The molecule has 0 aromatic heterocycles. The lowest BCUT2D eigenvalue weighted by Crippen LogP contribution is -2.41. The van der Waals surface area contributed by atoms with Gasteiger partial charge in [0.25, 0.3) is 5.91 Å². The normalized spacial score (nSPS) is 16.5. The van der Waals surface area contributed by atoms with Crippen molar-refractivity contribution in [3.8, 4) is 23.0 Å². The minimum absolute atomic E-state index is 0.103. The summed E-state index contributed by atoms with van der Waals surface area (Å²) < 4.78 is 11.5. The third-order valence-corrected chi connectivity index (χ3v) is 9.35. The standard InChI is InChI=1S/C38H43N3O6/c1-41-19-17-38(18-20-41,28-7-3-2-4-8-28)31-22-26(11-15-32(31)42)6-5-21-46-29-12-9-27(10-13-29)23-39-24-34(44)30-14-16-33(43)36-37(30)47-25-35(45)40-36/h2-4,7-16,22,34,39,42-44H,5-6,17-21,23-25H2,1H3,(H,40,45). The van der Waals surface area contributed by atoms with E-state index in [1.807, 2.05) is 42.5 Å². The number of hydrogen-bond donors (Lipinski definition) is 5. The number of aliphatic hydroxyl groups excluding tert-OH is 1. The Balaban J connectivity index is 0.991. The molecule has 9 heteroatoms. The minimum atomic E-state index is -0.889. The monoisotopic (exact) mass is 637 g/mol. The molecule has 1 amide bonds. The van der Waals surface area contributed by atoms with Gasteiger partial charge in [-0.3, -0.25) is 4.79 Å². The van der Waals surface area contributed by atoms with Crippen LogP contribution in [0, 0.1) is 0 Å². The first kappa shape index (κ1) is 32.4. The molecule has 5 N–H and O–H groups in total. The summed E-state index contributed by atoms with van der Waals surface area (Å²) in [5, 5.41) is 37.7. The number of phenols is 2. The average molecular weight is 638 g/mol. The topological polar surface area (TPSA) is 124 Å². The maximum absolute atomic E-state index is 11.6. The number of likely N-dealkylation sites (tertiary alicyclic amines) is 1. The van der Waals surface area contributed by atoms with Crippen LogP contribution < -0.4 is 20.1 Å². The van der Waals surface area contributed by atoms with E-state index in [9.17, 15) is 20.1 Å². The maximum atomic E-state index is 11.6. The summed E-state index contributed by atoms with van der Waals surface area (Å²) in [5.74, 6) is 1.000. The highest BCUT2D eigenvalue weighted by Gasteiger charge is 2.39. The number of ether oxygens (including phenoxy) is 2. The summed E-state index contributed by atoms with van der Waals surface area (Å²) in [7, 11) is 2.16. The number of carbonyl (C=O) groups excluding carboxylic acids is 1. The number of aromatic hydroxyl groups is 2. The fourth-order valence-electron chi connectivity index (χ4n) is 6.67. The van der Waals surface area contributed by atoms with Gasteiger partial charge in [-0.05, 0) is 92.8 Å². The van der Waals surface area contributed by atoms with Crippen molar-refractivity contribution in [1.82, 2.24) is 10.2 Å². The van der Waals surface area contributed by atoms with Gasteiger partial charge in [0.1, 0.15) is 22.9 Å². The highest BCUT2D eigenvalue weighted by molar-refractivity contribution is 5.97. The van der Waals surface area contributed by atoms with E-state index in [1.54, 1.807) is 6.07 Å². The van der Waals surface area contributed by atoms with Crippen LogP contribution in [0.25, 0.3) is 0 Å². The van der Waals surface area contributed by atoms with Crippen LogP contribution in [0.2, 0.25) is 0 Å². The van der Waals surface area contributed by atoms with Crippen molar-refractivity contribution in [1.29, 1.82) is 0 Å². The van der Waals surface area contributed by atoms with E-state index in [0.717, 1.165) is 55.6 Å². The molecule has 4 aromatic carbocycles. The van der Waals surface area contributed by atoms with Gasteiger partial charge in [0.2, 0.25) is 0 Å². The zero-order chi connectivity index (χ0) is 32.8. The molecule has 47 heavy (non-hydrogen) atoms. The Kier molecular flexibility index (Phi) is 9.96. The van der Waals surface area contributed by atoms with Crippen LogP contribution in [0.1, 0.15) is 53.2 Å². The first-order valence-electron chi connectivity index (χ1n) is 16.3. The second-order valence-corrected chi connectivity index (χ2v) is 12.6. The highest BCUT2D eigenvalue weighted by Crippen LogP contribution is 2.45. The van der Waals surface area contributed by atoms with Crippen LogP contribution in [-0.4, -0.2) is 66.0 Å². The molecule has 1 saturated heterocycles. The second-order valence-electron chi connectivity index (χ2n) is 12.6. The smallest absolute Gasteiger partial charge is 0.262 e. The van der Waals surface area contributed by atoms with E-state index in [-0.39, 0.29) is 35.9 Å². The molecule has 0 aliphatic carbocycles. The van der Waals surface area contributed by atoms with Gasteiger partial charge >= 0.3 is 0 Å². The predicted molar refractivity (Wildman–Crippen MR) is 181 cm³/mol. The molecular formula is C38H43N3O6. The number of rotatable bonds is 12. The van der Waals surface area contributed by atoms with Crippen molar-refractivity contribution < 1.29 is 29.6 Å². The Morgan fingerprint density at radius 3 is 2.45 bits per heavy atom. The molecule has 246 valence electrons. The first-order valence-corrected chi connectivity index (χ1v) is 16.3. The third-order valence-electron chi connectivity index (χ3n) is 9.35. The molecule has 1 atom stereocenters. The molecule has 0 spiro atoms. The molecule has 0 radical (unpaired) electrons. The van der Waals surface area contributed by atoms with Crippen LogP contribution in [0.4, 0.5) is 5.69 Å². The molecule has 0 bridgehead atoms. The van der Waals surface area contributed by atoms with Crippen LogP contribution in [0.15, 0.2) is 84.9 Å². The molecule has 2 aliphatic heterocycles. The van der Waals surface area contributed by atoms with E-state index < -0.39 is 6.10 Å². The van der Waals surface area contributed by atoms with Gasteiger partial charge < -0.3 is 40.3 Å². The summed E-state index contributed by atoms with van der Waals surface area (Å²) in [6.07, 6.45) is 2.75. The molecule has 2 aliphatic rings. The molecule has 9 nitrogen and oxygen atoms in total. The number of nitrogens with zero attached hydrogens (tertiary/aromatic N) is 1. The Labute approximate surface area is 275 Å². The largest absolute Gasteiger partial charge is 0.508 e. The first-order chi connectivity index (χ1) is 22.8. The average Bonchev–Trinajstić information content (AvgIpc) is 3.09. The fourth-order valence-corrected chi connectivity index (χ4v) is 6.67. The van der Waals surface area contributed by atoms with Crippen molar-refractivity contribution in [3.63, 3.8) is 0 Å². The van der Waals surface area contributed by atoms with Crippen molar-refractivity contribution >= 4 is 11.6 Å². The van der Waals surface area contributed by atoms with Crippen molar-refractivity contribution in [2.45, 2.75) is 43.7 Å². The maximum Gasteiger partial charge on any atom is 0.262 e. The lowest BCUT2D eigenvalue weighted by molar-refractivity contribution is -0.118. The van der Waals surface area contributed by atoms with E-state index in [0.29, 0.717) is 30.2 Å². The van der Waals surface area contributed by atoms with Gasteiger partial charge in [-0.1, -0.05) is 54.6 Å². The number of benzene rings is 4. The number of hydrogen-bond acceptors (Lipinski definition) is 8. The van der Waals surface area contributed by atoms with Crippen molar-refractivity contribution in [2.75, 3.05) is 45.2 Å². The van der Waals surface area contributed by atoms with Gasteiger partial charge in [0.05, 0.1) is 12.7 Å². The number of amides is 1. The van der Waals surface area contributed by atoms with Crippen LogP contribution >= 0.6 is 0 Å². The number of piperidine rings is 1. The molecule has 6 rings (SSSR count). The quantitative estimate of drug-likeness (QED) is 0.105. The number of phenolic OH excluding ortho intramolecular Hbond substituents is 2. The zero-order valence-corrected chi connectivity index (χ0v) is 26.7. The number of aryl methyl sites for hydroxylation is 1. The number of nitrogens with one attached hydrogen (secondary N) is 2. The van der Waals surface area contributed by atoms with Crippen LogP contribution in [0.3, 0.4) is 0 Å². The van der Waals surface area contributed by atoms with E-state index >= 15 is 0 Å². The Hall–Kier alpha value is -4.57. The SMILES string of the molecule is CN1CCC(c2ccccc2)(c2cc(CCCOc3ccc(CNCC(O)c4ccc(O)c5c4OCC(=O)N5)cc3)ccc2O)CC1. The Bertz CT molecular complexity index is 1670. The Morgan fingerprint density at radius 1 is 0.957 bits per heavy atom. The van der Waals surface area contributed by atoms with Crippen molar-refractivity contribution in [2.24, 2.45) is 0 Å². The molecule has 1 fully saturated rings. The summed E-state index contributed by atoms with van der Waals surface area (Å²) in [6.45, 7) is 3.19. The number of anilines is 1. The van der Waals surface area contributed by atoms with Gasteiger partial charge in [0, 0.05) is 29.6 Å². The number of carbonyl (C=O) groups is 1. The second kappa shape index (κ2) is 14.5. The predicted octanol–water partition coefficient (Wildman–Crippen LogP) is 5.28. The minimum Gasteiger partial charge on any atom is -0.508 e. The highest BCUT2D eigenvalue weighted by atomic mass is 16.5. The number of fused-ring (bicyclic) bond motifs is 1. The lowest BCUT2D eigenvalue weighted by atomic mass is 9.67. The summed E-state index contributed by atoms with van der Waals surface area (Å²) >= 11 is 0. The molecule has 4 aromatic rings. The van der Waals surface area contributed by atoms with Gasteiger partial charge in [0.15, 0.2) is 12.4 Å². The van der Waals surface area contributed by atoms with Crippen molar-refractivity contribution in [3.05, 3.63) is 113 Å². The van der Waals surface area contributed by atoms with Gasteiger partial charge in [-0.2, -0.15) is 0 Å². The molecular weight excluding hydrogens is 594 g/mol. The van der Waals surface area contributed by atoms with Gasteiger partial charge in [-0.15, -0.1) is 0 Å². The summed E-state index contributed by atoms with van der Waals surface area (Å²) in [5.41, 5.74) is 5.01. The van der Waals surface area contributed by atoms with E-state index in [2.05, 4.69) is 52.9 Å². The zero-order valence-electron chi connectivity index (χ0n) is 26.7. The van der Waals surface area contributed by atoms with Crippen LogP contribution in [-0.2, 0) is 23.2 Å². The fraction of sp³-hybridized carbons (Fsp3) is 0.342. The van der Waals surface area contributed by atoms with E-state index in [4.69, 9.17) is 9.47 Å². The third kappa shape index (κ3) is 7.38.